The zero-order chi connectivity index (χ0) is 14.2. The third kappa shape index (κ3) is 4.72. The third-order valence-corrected chi connectivity index (χ3v) is 2.91. The van der Waals surface area contributed by atoms with Gasteiger partial charge in [0, 0.05) is 31.4 Å². The van der Waals surface area contributed by atoms with Crippen molar-refractivity contribution in [2.24, 2.45) is 0 Å². The Labute approximate surface area is 118 Å². The first kappa shape index (κ1) is 14.1. The number of H-pyrrole nitrogens is 1. The summed E-state index contributed by atoms with van der Waals surface area (Å²) in [6.45, 7) is 2.68. The van der Waals surface area contributed by atoms with E-state index < -0.39 is 0 Å². The lowest BCUT2D eigenvalue weighted by Gasteiger charge is -2.01. The topological polar surface area (TPSA) is 57.8 Å². The van der Waals surface area contributed by atoms with E-state index in [1.54, 1.807) is 18.5 Å². The minimum absolute atomic E-state index is 0.0639. The Kier molecular flexibility index (Phi) is 5.12. The number of aromatic amines is 1. The van der Waals surface area contributed by atoms with Gasteiger partial charge in [0.2, 0.25) is 5.91 Å². The number of hydrogen-bond donors (Lipinski definition) is 2. The molecule has 0 aliphatic carbocycles. The molecule has 4 heteroatoms. The third-order valence-electron chi connectivity index (χ3n) is 2.91. The van der Waals surface area contributed by atoms with E-state index in [0.29, 0.717) is 6.54 Å². The summed E-state index contributed by atoms with van der Waals surface area (Å²) in [7, 11) is 0. The fourth-order valence-electron chi connectivity index (χ4n) is 1.91. The van der Waals surface area contributed by atoms with Crippen molar-refractivity contribution in [1.29, 1.82) is 0 Å². The second-order valence-corrected chi connectivity index (χ2v) is 4.68. The predicted octanol–water partition coefficient (Wildman–Crippen LogP) is 2.48. The summed E-state index contributed by atoms with van der Waals surface area (Å²) in [6.07, 6.45) is 8.65. The molecule has 2 rings (SSSR count). The van der Waals surface area contributed by atoms with Gasteiger partial charge in [-0.05, 0) is 25.0 Å². The van der Waals surface area contributed by atoms with Crippen LogP contribution in [0.25, 0.3) is 6.08 Å². The highest BCUT2D eigenvalue weighted by molar-refractivity contribution is 5.91. The zero-order valence-corrected chi connectivity index (χ0v) is 11.6. The summed E-state index contributed by atoms with van der Waals surface area (Å²) in [5.41, 5.74) is 2.22. The number of nitrogens with zero attached hydrogens (tertiary/aromatic N) is 1. The lowest BCUT2D eigenvalue weighted by molar-refractivity contribution is -0.116. The van der Waals surface area contributed by atoms with Gasteiger partial charge in [0.25, 0.3) is 0 Å². The largest absolute Gasteiger partial charge is 0.353 e. The highest BCUT2D eigenvalue weighted by Gasteiger charge is 1.97. The van der Waals surface area contributed by atoms with E-state index in [0.717, 1.165) is 24.2 Å². The van der Waals surface area contributed by atoms with Crippen molar-refractivity contribution in [2.45, 2.75) is 19.8 Å². The first-order chi connectivity index (χ1) is 9.74. The molecule has 0 atom stereocenters. The van der Waals surface area contributed by atoms with Gasteiger partial charge in [-0.2, -0.15) is 0 Å². The minimum atomic E-state index is -0.0639. The lowest BCUT2D eigenvalue weighted by atomic mass is 10.1. The molecule has 1 heterocycles. The summed E-state index contributed by atoms with van der Waals surface area (Å²) in [4.78, 5) is 18.8. The molecule has 0 bridgehead atoms. The van der Waals surface area contributed by atoms with Crippen molar-refractivity contribution in [2.75, 3.05) is 6.54 Å². The Hall–Kier alpha value is -2.36. The molecule has 2 N–H and O–H groups in total. The first-order valence-corrected chi connectivity index (χ1v) is 6.75. The molecule has 1 aromatic heterocycles. The number of carbonyl (C=O) groups is 1. The second kappa shape index (κ2) is 7.28. The van der Waals surface area contributed by atoms with Crippen molar-refractivity contribution in [1.82, 2.24) is 15.3 Å². The molecule has 0 saturated carbocycles. The van der Waals surface area contributed by atoms with Gasteiger partial charge in [0.15, 0.2) is 0 Å². The van der Waals surface area contributed by atoms with Crippen molar-refractivity contribution < 1.29 is 4.79 Å². The molecule has 4 nitrogen and oxygen atoms in total. The highest BCUT2D eigenvalue weighted by Crippen LogP contribution is 2.05. The Bertz CT molecular complexity index is 573. The van der Waals surface area contributed by atoms with Gasteiger partial charge in [-0.25, -0.2) is 4.98 Å². The van der Waals surface area contributed by atoms with Crippen molar-refractivity contribution >= 4 is 12.0 Å². The summed E-state index contributed by atoms with van der Waals surface area (Å²) in [5.74, 6) is 0.889. The standard InChI is InChI=1S/C16H19N3O/c1-13-4-2-5-14(12-13)7-8-16(20)19-9-3-6-15-17-10-11-18-15/h2,4-5,7-8,10-12H,3,6,9H2,1H3,(H,17,18)(H,19,20)/b8-7+. The molecule has 0 radical (unpaired) electrons. The second-order valence-electron chi connectivity index (χ2n) is 4.68. The Morgan fingerprint density at radius 3 is 3.10 bits per heavy atom. The van der Waals surface area contributed by atoms with Gasteiger partial charge < -0.3 is 10.3 Å². The van der Waals surface area contributed by atoms with Gasteiger partial charge in [0.05, 0.1) is 0 Å². The molecule has 1 amide bonds. The summed E-state index contributed by atoms with van der Waals surface area (Å²) in [6, 6.07) is 8.04. The highest BCUT2D eigenvalue weighted by atomic mass is 16.1. The summed E-state index contributed by atoms with van der Waals surface area (Å²) in [5, 5.41) is 2.86. The monoisotopic (exact) mass is 269 g/mol. The number of nitrogens with one attached hydrogen (secondary N) is 2. The molecule has 104 valence electrons. The van der Waals surface area contributed by atoms with Gasteiger partial charge in [-0.1, -0.05) is 29.8 Å². The quantitative estimate of drug-likeness (QED) is 0.625. The van der Waals surface area contributed by atoms with E-state index in [4.69, 9.17) is 0 Å². The Morgan fingerprint density at radius 1 is 1.45 bits per heavy atom. The van der Waals surface area contributed by atoms with E-state index in [9.17, 15) is 4.79 Å². The summed E-state index contributed by atoms with van der Waals surface area (Å²) >= 11 is 0. The van der Waals surface area contributed by atoms with E-state index in [2.05, 4.69) is 15.3 Å². The Balaban J connectivity index is 1.70. The van der Waals surface area contributed by atoms with Crippen LogP contribution in [0.1, 0.15) is 23.4 Å². The lowest BCUT2D eigenvalue weighted by Crippen LogP contribution is -2.22. The van der Waals surface area contributed by atoms with Crippen molar-refractivity contribution in [3.63, 3.8) is 0 Å². The normalized spacial score (nSPS) is 10.8. The van der Waals surface area contributed by atoms with Crippen LogP contribution in [-0.2, 0) is 11.2 Å². The fourth-order valence-corrected chi connectivity index (χ4v) is 1.91. The van der Waals surface area contributed by atoms with Crippen LogP contribution in [-0.4, -0.2) is 22.4 Å². The average molecular weight is 269 g/mol. The van der Waals surface area contributed by atoms with E-state index in [-0.39, 0.29) is 5.91 Å². The number of amides is 1. The van der Waals surface area contributed by atoms with E-state index >= 15 is 0 Å². The number of benzene rings is 1. The van der Waals surface area contributed by atoms with Gasteiger partial charge in [-0.3, -0.25) is 4.79 Å². The van der Waals surface area contributed by atoms with Crippen LogP contribution in [0, 0.1) is 6.92 Å². The maximum absolute atomic E-state index is 11.6. The SMILES string of the molecule is Cc1cccc(/C=C/C(=O)NCCCc2ncc[nH]2)c1. The smallest absolute Gasteiger partial charge is 0.243 e. The molecule has 0 saturated heterocycles. The fraction of sp³-hybridized carbons (Fsp3) is 0.250. The van der Waals surface area contributed by atoms with Gasteiger partial charge in [0.1, 0.15) is 5.82 Å². The molecular weight excluding hydrogens is 250 g/mol. The van der Waals surface area contributed by atoms with E-state index in [1.165, 1.54) is 5.56 Å². The number of aryl methyl sites for hydroxylation is 2. The maximum Gasteiger partial charge on any atom is 0.243 e. The first-order valence-electron chi connectivity index (χ1n) is 6.75. The van der Waals surface area contributed by atoms with Crippen LogP contribution in [0.4, 0.5) is 0 Å². The van der Waals surface area contributed by atoms with E-state index in [1.807, 2.05) is 37.3 Å². The van der Waals surface area contributed by atoms with Crippen LogP contribution in [0.3, 0.4) is 0 Å². The predicted molar refractivity (Wildman–Crippen MR) is 80.1 cm³/mol. The van der Waals surface area contributed by atoms with Gasteiger partial charge >= 0.3 is 0 Å². The van der Waals surface area contributed by atoms with Crippen LogP contribution in [0.5, 0.6) is 0 Å². The molecule has 20 heavy (non-hydrogen) atoms. The molecule has 0 aliphatic heterocycles. The molecular formula is C16H19N3O. The van der Waals surface area contributed by atoms with Crippen molar-refractivity contribution in [3.8, 4) is 0 Å². The van der Waals surface area contributed by atoms with Crippen LogP contribution >= 0.6 is 0 Å². The van der Waals surface area contributed by atoms with Crippen molar-refractivity contribution in [3.05, 3.63) is 59.7 Å². The number of carbonyl (C=O) groups excluding carboxylic acids is 1. The number of aromatic nitrogens is 2. The molecule has 1 aromatic carbocycles. The van der Waals surface area contributed by atoms with Crippen LogP contribution in [0.15, 0.2) is 42.7 Å². The van der Waals surface area contributed by atoms with Crippen LogP contribution in [0.2, 0.25) is 0 Å². The molecule has 0 aliphatic rings. The minimum Gasteiger partial charge on any atom is -0.353 e. The number of imidazole rings is 1. The average Bonchev–Trinajstić information content (AvgIpc) is 2.95. The molecule has 0 fully saturated rings. The summed E-state index contributed by atoms with van der Waals surface area (Å²) < 4.78 is 0. The van der Waals surface area contributed by atoms with Gasteiger partial charge in [-0.15, -0.1) is 0 Å². The molecule has 2 aromatic rings. The number of rotatable bonds is 6. The molecule has 0 unspecified atom stereocenters. The Morgan fingerprint density at radius 2 is 2.35 bits per heavy atom. The zero-order valence-electron chi connectivity index (χ0n) is 11.6. The molecule has 0 spiro atoms. The number of hydrogen-bond acceptors (Lipinski definition) is 2. The van der Waals surface area contributed by atoms with Crippen LogP contribution < -0.4 is 5.32 Å². The maximum atomic E-state index is 11.6.